The van der Waals surface area contributed by atoms with E-state index < -0.39 is 0 Å². The summed E-state index contributed by atoms with van der Waals surface area (Å²) in [4.78, 5) is 26.2. The van der Waals surface area contributed by atoms with Gasteiger partial charge in [-0.3, -0.25) is 9.59 Å². The molecule has 2 unspecified atom stereocenters. The molecule has 152 valence electrons. The number of aromatic nitrogens is 4. The van der Waals surface area contributed by atoms with Crippen LogP contribution in [0.3, 0.4) is 0 Å². The number of amides is 1. The second-order valence-electron chi connectivity index (χ2n) is 9.67. The van der Waals surface area contributed by atoms with Crippen LogP contribution in [0.2, 0.25) is 0 Å². The minimum Gasteiger partial charge on any atom is -0.326 e. The highest BCUT2D eigenvalue weighted by atomic mass is 16.1. The van der Waals surface area contributed by atoms with Crippen molar-refractivity contribution in [2.75, 3.05) is 5.32 Å². The van der Waals surface area contributed by atoms with Crippen molar-refractivity contribution in [1.82, 2.24) is 20.2 Å². The molecule has 0 radical (unpaired) electrons. The van der Waals surface area contributed by atoms with E-state index >= 15 is 0 Å². The van der Waals surface area contributed by atoms with Crippen molar-refractivity contribution in [3.8, 4) is 0 Å². The SMILES string of the molecule is CC(=O)c1ccc(NC(=O)CC23C[C@H]4C[C@@H](C2)CC(n2nnc(C)n2)(C4)C3)cc1. The Morgan fingerprint density at radius 1 is 1.14 bits per heavy atom. The smallest absolute Gasteiger partial charge is 0.224 e. The number of rotatable bonds is 5. The topological polar surface area (TPSA) is 89.8 Å². The van der Waals surface area contributed by atoms with Crippen LogP contribution in [0.25, 0.3) is 0 Å². The number of ketones is 1. The predicted molar refractivity (Wildman–Crippen MR) is 107 cm³/mol. The Bertz CT molecular complexity index is 950. The minimum atomic E-state index is -0.0746. The lowest BCUT2D eigenvalue weighted by Crippen LogP contribution is -2.57. The van der Waals surface area contributed by atoms with Crippen LogP contribution in [0.5, 0.6) is 0 Å². The molecule has 0 aliphatic heterocycles. The molecule has 4 atom stereocenters. The Labute approximate surface area is 170 Å². The van der Waals surface area contributed by atoms with E-state index in [2.05, 4.69) is 20.7 Å². The van der Waals surface area contributed by atoms with E-state index in [0.29, 0.717) is 29.6 Å². The van der Waals surface area contributed by atoms with E-state index in [1.807, 2.05) is 11.7 Å². The van der Waals surface area contributed by atoms with Gasteiger partial charge >= 0.3 is 0 Å². The Morgan fingerprint density at radius 3 is 2.41 bits per heavy atom. The lowest BCUT2D eigenvalue weighted by atomic mass is 9.46. The first-order valence-electron chi connectivity index (χ1n) is 10.5. The van der Waals surface area contributed by atoms with Crippen LogP contribution in [0.15, 0.2) is 24.3 Å². The van der Waals surface area contributed by atoms with Crippen LogP contribution in [0, 0.1) is 24.2 Å². The van der Waals surface area contributed by atoms with Gasteiger partial charge in [0.2, 0.25) is 5.91 Å². The maximum absolute atomic E-state index is 12.9. The number of nitrogens with one attached hydrogen (secondary N) is 1. The predicted octanol–water partition coefficient (Wildman–Crippen LogP) is 3.51. The number of carbonyl (C=O) groups excluding carboxylic acids is 2. The molecule has 4 aliphatic carbocycles. The molecule has 1 heterocycles. The van der Waals surface area contributed by atoms with Gasteiger partial charge in [-0.15, -0.1) is 10.2 Å². The maximum atomic E-state index is 12.9. The van der Waals surface area contributed by atoms with Gasteiger partial charge in [-0.2, -0.15) is 4.80 Å². The second kappa shape index (κ2) is 6.47. The molecule has 7 heteroatoms. The number of benzene rings is 1. The maximum Gasteiger partial charge on any atom is 0.224 e. The average Bonchev–Trinajstić information content (AvgIpc) is 3.08. The van der Waals surface area contributed by atoms with E-state index in [1.54, 1.807) is 31.2 Å². The van der Waals surface area contributed by atoms with Gasteiger partial charge in [0.15, 0.2) is 11.6 Å². The van der Waals surface area contributed by atoms with Crippen LogP contribution in [-0.4, -0.2) is 31.9 Å². The quantitative estimate of drug-likeness (QED) is 0.785. The van der Waals surface area contributed by atoms with E-state index in [4.69, 9.17) is 0 Å². The Morgan fingerprint density at radius 2 is 1.83 bits per heavy atom. The lowest BCUT2D eigenvalue weighted by Gasteiger charge is -2.61. The number of hydrogen-bond donors (Lipinski definition) is 1. The summed E-state index contributed by atoms with van der Waals surface area (Å²) in [5.41, 5.74) is 1.35. The van der Waals surface area contributed by atoms with Crippen LogP contribution < -0.4 is 5.32 Å². The lowest BCUT2D eigenvalue weighted by molar-refractivity contribution is -0.135. The van der Waals surface area contributed by atoms with Gasteiger partial charge in [-0.1, -0.05) is 0 Å². The van der Waals surface area contributed by atoms with E-state index in [1.165, 1.54) is 6.42 Å². The molecule has 1 aromatic carbocycles. The third-order valence-electron chi connectivity index (χ3n) is 7.20. The number of Topliss-reactive ketones (excluding diaryl/α,β-unsaturated/α-hetero) is 1. The number of anilines is 1. The van der Waals surface area contributed by atoms with E-state index in [-0.39, 0.29) is 22.6 Å². The molecule has 1 N–H and O–H groups in total. The molecular formula is C22H27N5O2. The van der Waals surface area contributed by atoms with Crippen molar-refractivity contribution in [2.24, 2.45) is 17.3 Å². The van der Waals surface area contributed by atoms with Crippen LogP contribution in [-0.2, 0) is 10.3 Å². The number of carbonyl (C=O) groups is 2. The van der Waals surface area contributed by atoms with Gasteiger partial charge in [0.25, 0.3) is 0 Å². The normalized spacial score (nSPS) is 32.3. The van der Waals surface area contributed by atoms with Gasteiger partial charge in [-0.25, -0.2) is 0 Å². The van der Waals surface area contributed by atoms with E-state index in [0.717, 1.165) is 37.8 Å². The number of aryl methyl sites for hydroxylation is 1. The third-order valence-corrected chi connectivity index (χ3v) is 7.20. The summed E-state index contributed by atoms with van der Waals surface area (Å²) < 4.78 is 0. The summed E-state index contributed by atoms with van der Waals surface area (Å²) >= 11 is 0. The van der Waals surface area contributed by atoms with Crippen LogP contribution in [0.1, 0.15) is 68.1 Å². The van der Waals surface area contributed by atoms with Crippen molar-refractivity contribution < 1.29 is 9.59 Å². The monoisotopic (exact) mass is 393 g/mol. The molecule has 4 bridgehead atoms. The Balaban J connectivity index is 1.34. The third kappa shape index (κ3) is 3.26. The molecule has 0 saturated heterocycles. The second-order valence-corrected chi connectivity index (χ2v) is 9.67. The highest BCUT2D eigenvalue weighted by Gasteiger charge is 2.59. The minimum absolute atomic E-state index is 0.0228. The molecule has 7 nitrogen and oxygen atoms in total. The summed E-state index contributed by atoms with van der Waals surface area (Å²) in [6.45, 7) is 3.42. The first kappa shape index (κ1) is 18.5. The van der Waals surface area contributed by atoms with Crippen molar-refractivity contribution in [1.29, 1.82) is 0 Å². The van der Waals surface area contributed by atoms with Crippen LogP contribution >= 0.6 is 0 Å². The van der Waals surface area contributed by atoms with Gasteiger partial charge < -0.3 is 5.32 Å². The van der Waals surface area contributed by atoms with E-state index in [9.17, 15) is 9.59 Å². The summed E-state index contributed by atoms with van der Waals surface area (Å²) in [5, 5.41) is 16.1. The molecule has 4 fully saturated rings. The first-order chi connectivity index (χ1) is 13.8. The molecule has 4 aliphatic rings. The van der Waals surface area contributed by atoms with Crippen molar-refractivity contribution in [3.63, 3.8) is 0 Å². The van der Waals surface area contributed by atoms with Crippen LogP contribution in [0.4, 0.5) is 5.69 Å². The fraction of sp³-hybridized carbons (Fsp3) is 0.591. The molecule has 1 amide bonds. The van der Waals surface area contributed by atoms with Crippen molar-refractivity contribution in [3.05, 3.63) is 35.7 Å². The van der Waals surface area contributed by atoms with Crippen molar-refractivity contribution in [2.45, 2.75) is 64.3 Å². The van der Waals surface area contributed by atoms with Gasteiger partial charge in [-0.05, 0) is 99.1 Å². The molecule has 29 heavy (non-hydrogen) atoms. The van der Waals surface area contributed by atoms with Crippen molar-refractivity contribution >= 4 is 17.4 Å². The molecule has 1 aromatic heterocycles. The number of hydrogen-bond acceptors (Lipinski definition) is 5. The highest BCUT2D eigenvalue weighted by molar-refractivity contribution is 5.95. The standard InChI is InChI=1S/C22H27N5O2/c1-14(28)18-3-5-19(6-4-18)23-20(29)12-21-8-16-7-17(9-21)11-22(10-16,13-21)27-25-15(2)24-26-27/h3-6,16-17H,7-13H2,1-2H3,(H,23,29)/t16-,17+,21?,22?. The van der Waals surface area contributed by atoms with Gasteiger partial charge in [0.1, 0.15) is 0 Å². The first-order valence-corrected chi connectivity index (χ1v) is 10.5. The average molecular weight is 393 g/mol. The zero-order valence-corrected chi connectivity index (χ0v) is 17.0. The number of nitrogens with zero attached hydrogens (tertiary/aromatic N) is 4. The Kier molecular flexibility index (Phi) is 4.12. The summed E-state index contributed by atoms with van der Waals surface area (Å²) in [6.07, 6.45) is 7.21. The van der Waals surface area contributed by atoms with Gasteiger partial charge in [0.05, 0.1) is 5.54 Å². The molecular weight excluding hydrogens is 366 g/mol. The summed E-state index contributed by atoms with van der Waals surface area (Å²) in [5.74, 6) is 2.08. The Hall–Kier alpha value is -2.57. The molecule has 0 spiro atoms. The zero-order chi connectivity index (χ0) is 20.2. The molecule has 2 aromatic rings. The summed E-state index contributed by atoms with van der Waals surface area (Å²) in [7, 11) is 0. The number of tetrazole rings is 1. The zero-order valence-electron chi connectivity index (χ0n) is 17.0. The largest absolute Gasteiger partial charge is 0.326 e. The van der Waals surface area contributed by atoms with Gasteiger partial charge in [0, 0.05) is 17.7 Å². The highest BCUT2D eigenvalue weighted by Crippen LogP contribution is 2.65. The fourth-order valence-electron chi connectivity index (χ4n) is 6.66. The summed E-state index contributed by atoms with van der Waals surface area (Å²) in [6, 6.07) is 7.13. The molecule has 6 rings (SSSR count). The molecule has 4 saturated carbocycles. The fourth-order valence-corrected chi connectivity index (χ4v) is 6.66.